The third-order valence-electron chi connectivity index (χ3n) is 6.85. The van der Waals surface area contributed by atoms with Crippen molar-refractivity contribution in [3.05, 3.63) is 85.1 Å². The van der Waals surface area contributed by atoms with E-state index in [1.807, 2.05) is 27.6 Å². The minimum absolute atomic E-state index is 0.0874. The number of nitrogen functional groups attached to an aromatic ring is 1. The molecule has 0 spiro atoms. The Labute approximate surface area is 206 Å². The summed E-state index contributed by atoms with van der Waals surface area (Å²) in [6, 6.07) is 12.4. The quantitative estimate of drug-likeness (QED) is 0.374. The Morgan fingerprint density at radius 1 is 1.14 bits per heavy atom. The van der Waals surface area contributed by atoms with Crippen LogP contribution in [0, 0.1) is 0 Å². The van der Waals surface area contributed by atoms with Gasteiger partial charge in [0.2, 0.25) is 5.91 Å². The maximum absolute atomic E-state index is 12.8. The van der Waals surface area contributed by atoms with Gasteiger partial charge in [-0.2, -0.15) is 0 Å². The molecule has 10 nitrogen and oxygen atoms in total. The monoisotopic (exact) mass is 480 g/mol. The van der Waals surface area contributed by atoms with E-state index in [2.05, 4.69) is 27.2 Å². The molecule has 180 valence electrons. The normalized spacial score (nSPS) is 20.6. The van der Waals surface area contributed by atoms with Crippen LogP contribution in [0.5, 0.6) is 0 Å². The minimum Gasteiger partial charge on any atom is -0.382 e. The van der Waals surface area contributed by atoms with Gasteiger partial charge in [0.15, 0.2) is 0 Å². The molecule has 0 aliphatic carbocycles. The van der Waals surface area contributed by atoms with Crippen LogP contribution >= 0.6 is 0 Å². The van der Waals surface area contributed by atoms with E-state index in [0.717, 1.165) is 18.5 Å². The lowest BCUT2D eigenvalue weighted by Crippen LogP contribution is -2.48. The van der Waals surface area contributed by atoms with Crippen molar-refractivity contribution in [3.63, 3.8) is 0 Å². The van der Waals surface area contributed by atoms with Crippen LogP contribution in [0.25, 0.3) is 16.8 Å². The zero-order valence-electron chi connectivity index (χ0n) is 19.3. The standard InChI is InChI=1S/C26H24N8O2/c1-2-20(35)34-17-13-18(30-14-17)22(34)25-32-21(23-24(27)29-11-12-33(23)25)15-6-8-16(9-7-15)26(36)31-19-5-3-4-10-28-19/h2-12,17-18,22,30H,1,13-14H2,(H2,27,29)(H,28,31,36)/t17-,18-,22?/m0/s1. The molecule has 2 aliphatic heterocycles. The average Bonchev–Trinajstić information content (AvgIpc) is 3.63. The van der Waals surface area contributed by atoms with E-state index < -0.39 is 0 Å². The van der Waals surface area contributed by atoms with E-state index >= 15 is 0 Å². The van der Waals surface area contributed by atoms with Gasteiger partial charge in [-0.25, -0.2) is 15.0 Å². The lowest BCUT2D eigenvalue weighted by atomic mass is 10.1. The summed E-state index contributed by atoms with van der Waals surface area (Å²) in [6.07, 6.45) is 7.27. The van der Waals surface area contributed by atoms with E-state index in [1.165, 1.54) is 6.08 Å². The fourth-order valence-corrected chi connectivity index (χ4v) is 5.25. The number of imidazole rings is 1. The number of hydrogen-bond acceptors (Lipinski definition) is 7. The molecule has 3 atom stereocenters. The Bertz CT molecular complexity index is 1480. The van der Waals surface area contributed by atoms with E-state index in [1.54, 1.807) is 42.7 Å². The van der Waals surface area contributed by atoms with Crippen LogP contribution in [0.3, 0.4) is 0 Å². The van der Waals surface area contributed by atoms with Gasteiger partial charge in [-0.15, -0.1) is 0 Å². The molecule has 5 heterocycles. The molecule has 1 aromatic carbocycles. The molecule has 2 fully saturated rings. The van der Waals surface area contributed by atoms with E-state index in [4.69, 9.17) is 10.7 Å². The number of nitrogens with two attached hydrogens (primary N) is 1. The highest BCUT2D eigenvalue weighted by Crippen LogP contribution is 2.41. The van der Waals surface area contributed by atoms with Gasteiger partial charge in [0.25, 0.3) is 5.91 Å². The van der Waals surface area contributed by atoms with Gasteiger partial charge in [0.05, 0.1) is 0 Å². The number of rotatable bonds is 5. The van der Waals surface area contributed by atoms with Crippen molar-refractivity contribution >= 4 is 29.0 Å². The number of carbonyl (C=O) groups excluding carboxylic acids is 2. The highest BCUT2D eigenvalue weighted by Gasteiger charge is 2.50. The summed E-state index contributed by atoms with van der Waals surface area (Å²) < 4.78 is 1.91. The fraction of sp³-hybridized carbons (Fsp3) is 0.192. The highest BCUT2D eigenvalue weighted by molar-refractivity contribution is 6.04. The Kier molecular flexibility index (Phi) is 5.23. The van der Waals surface area contributed by atoms with Crippen molar-refractivity contribution in [1.82, 2.24) is 29.6 Å². The van der Waals surface area contributed by atoms with Crippen molar-refractivity contribution in [1.29, 1.82) is 0 Å². The highest BCUT2D eigenvalue weighted by atomic mass is 16.2. The summed E-state index contributed by atoms with van der Waals surface area (Å²) in [4.78, 5) is 40.7. The number of carbonyl (C=O) groups is 2. The molecule has 6 rings (SSSR count). The lowest BCUT2D eigenvalue weighted by molar-refractivity contribution is -0.130. The van der Waals surface area contributed by atoms with Crippen molar-refractivity contribution < 1.29 is 9.59 Å². The fourth-order valence-electron chi connectivity index (χ4n) is 5.25. The zero-order valence-corrected chi connectivity index (χ0v) is 19.3. The average molecular weight is 481 g/mol. The molecule has 4 aromatic rings. The van der Waals surface area contributed by atoms with Crippen LogP contribution in [-0.2, 0) is 4.79 Å². The number of benzene rings is 1. The largest absolute Gasteiger partial charge is 0.382 e. The molecular formula is C26H24N8O2. The number of piperazine rings is 1. The Morgan fingerprint density at radius 2 is 1.97 bits per heavy atom. The van der Waals surface area contributed by atoms with Gasteiger partial charge in [-0.05, 0) is 36.8 Å². The number of aromatic nitrogens is 4. The first kappa shape index (κ1) is 21.9. The van der Waals surface area contributed by atoms with Crippen molar-refractivity contribution in [2.24, 2.45) is 0 Å². The summed E-state index contributed by atoms with van der Waals surface area (Å²) in [7, 11) is 0. The second kappa shape index (κ2) is 8.58. The van der Waals surface area contributed by atoms with Crippen molar-refractivity contribution in [3.8, 4) is 11.3 Å². The molecular weight excluding hydrogens is 456 g/mol. The second-order valence-electron chi connectivity index (χ2n) is 8.89. The molecule has 36 heavy (non-hydrogen) atoms. The molecule has 4 N–H and O–H groups in total. The van der Waals surface area contributed by atoms with E-state index in [9.17, 15) is 9.59 Å². The smallest absolute Gasteiger partial charge is 0.256 e. The van der Waals surface area contributed by atoms with Gasteiger partial charge in [-0.3, -0.25) is 14.0 Å². The predicted octanol–water partition coefficient (Wildman–Crippen LogP) is 2.43. The Hall–Kier alpha value is -4.57. The SMILES string of the molecule is C=CC(=O)N1C(c2nc(-c3ccc(C(=O)Nc4ccccn4)cc3)c3c(N)nccn23)[C@@H]2C[C@H]1CN2. The first-order chi connectivity index (χ1) is 17.5. The molecule has 1 unspecified atom stereocenters. The molecule has 0 radical (unpaired) electrons. The summed E-state index contributed by atoms with van der Waals surface area (Å²) in [5.74, 6) is 1.15. The van der Waals surface area contributed by atoms with Crippen LogP contribution in [0.1, 0.15) is 28.6 Å². The number of likely N-dealkylation sites (tertiary alicyclic amines) is 1. The summed E-state index contributed by atoms with van der Waals surface area (Å²) in [5, 5.41) is 6.29. The number of amides is 2. The Morgan fingerprint density at radius 3 is 2.72 bits per heavy atom. The molecule has 3 aromatic heterocycles. The van der Waals surface area contributed by atoms with E-state index in [-0.39, 0.29) is 29.9 Å². The number of nitrogens with one attached hydrogen (secondary N) is 2. The van der Waals surface area contributed by atoms with Crippen molar-refractivity contribution in [2.45, 2.75) is 24.5 Å². The first-order valence-corrected chi connectivity index (χ1v) is 11.7. The minimum atomic E-state index is -0.263. The van der Waals surface area contributed by atoms with Gasteiger partial charge < -0.3 is 21.3 Å². The number of pyridine rings is 1. The van der Waals surface area contributed by atoms with Gasteiger partial charge in [0.1, 0.15) is 34.7 Å². The van der Waals surface area contributed by atoms with Gasteiger partial charge in [0, 0.05) is 48.3 Å². The maximum Gasteiger partial charge on any atom is 0.256 e. The summed E-state index contributed by atoms with van der Waals surface area (Å²) >= 11 is 0. The number of fused-ring (bicyclic) bond motifs is 3. The summed E-state index contributed by atoms with van der Waals surface area (Å²) in [6.45, 7) is 4.44. The first-order valence-electron chi connectivity index (χ1n) is 11.7. The molecule has 2 amide bonds. The van der Waals surface area contributed by atoms with E-state index in [0.29, 0.717) is 34.2 Å². The third-order valence-corrected chi connectivity index (χ3v) is 6.85. The predicted molar refractivity (Wildman–Crippen MR) is 135 cm³/mol. The van der Waals surface area contributed by atoms with Crippen molar-refractivity contribution in [2.75, 3.05) is 17.6 Å². The molecule has 2 aliphatic rings. The maximum atomic E-state index is 12.8. The Balaban J connectivity index is 1.39. The zero-order chi connectivity index (χ0) is 24.8. The van der Waals surface area contributed by atoms with Crippen LogP contribution in [0.2, 0.25) is 0 Å². The third kappa shape index (κ3) is 3.50. The van der Waals surface area contributed by atoms with Crippen LogP contribution in [0.15, 0.2) is 73.7 Å². The number of hydrogen-bond donors (Lipinski definition) is 3. The number of nitrogens with zero attached hydrogens (tertiary/aromatic N) is 5. The molecule has 2 bridgehead atoms. The second-order valence-corrected chi connectivity index (χ2v) is 8.89. The topological polar surface area (TPSA) is 131 Å². The molecule has 10 heteroatoms. The lowest BCUT2D eigenvalue weighted by Gasteiger charge is -2.34. The van der Waals surface area contributed by atoms with Crippen LogP contribution < -0.4 is 16.4 Å². The summed E-state index contributed by atoms with van der Waals surface area (Å²) in [5.41, 5.74) is 8.88. The molecule has 2 saturated heterocycles. The van der Waals surface area contributed by atoms with Crippen LogP contribution in [-0.4, -0.2) is 54.7 Å². The van der Waals surface area contributed by atoms with Crippen LogP contribution in [0.4, 0.5) is 11.6 Å². The molecule has 0 saturated carbocycles. The number of anilines is 2. The van der Waals surface area contributed by atoms with Gasteiger partial charge in [-0.1, -0.05) is 24.8 Å². The van der Waals surface area contributed by atoms with Gasteiger partial charge >= 0.3 is 0 Å².